The molecule has 2 aromatic carbocycles. The van der Waals surface area contributed by atoms with E-state index in [0.29, 0.717) is 5.75 Å². The molecule has 0 radical (unpaired) electrons. The Kier molecular flexibility index (Phi) is 7.50. The maximum Gasteiger partial charge on any atom is 0.192 e. The normalized spacial score (nSPS) is 13.6. The average molecular weight is 399 g/mol. The van der Waals surface area contributed by atoms with E-state index in [1.165, 1.54) is 5.56 Å². The fourth-order valence-corrected chi connectivity index (χ4v) is 4.03. The van der Waals surface area contributed by atoms with Crippen molar-refractivity contribution in [1.29, 1.82) is 0 Å². The van der Waals surface area contributed by atoms with E-state index in [-0.39, 0.29) is 16.9 Å². The van der Waals surface area contributed by atoms with Crippen LogP contribution < -0.4 is 4.74 Å². The monoisotopic (exact) mass is 398 g/mol. The Hall–Kier alpha value is -2.04. The third-order valence-electron chi connectivity index (χ3n) is 5.52. The molecular formula is C24H34O3Si. The van der Waals surface area contributed by atoms with Gasteiger partial charge in [-0.2, -0.15) is 0 Å². The first kappa shape index (κ1) is 22.2. The maximum absolute atomic E-state index is 9.80. The van der Waals surface area contributed by atoms with Crippen LogP contribution in [0.3, 0.4) is 0 Å². The van der Waals surface area contributed by atoms with E-state index < -0.39 is 8.32 Å². The van der Waals surface area contributed by atoms with Crippen molar-refractivity contribution >= 4 is 14.4 Å². The van der Waals surface area contributed by atoms with Crippen molar-refractivity contribution in [1.82, 2.24) is 0 Å². The van der Waals surface area contributed by atoms with Crippen LogP contribution in [0.2, 0.25) is 18.1 Å². The van der Waals surface area contributed by atoms with Gasteiger partial charge in [-0.15, -0.1) is 0 Å². The molecule has 152 valence electrons. The Balaban J connectivity index is 2.19. The van der Waals surface area contributed by atoms with Crippen LogP contribution in [0.1, 0.15) is 38.3 Å². The number of ether oxygens (including phenoxy) is 1. The Morgan fingerprint density at radius 1 is 1.07 bits per heavy atom. The standard InChI is InChI=1S/C24H34O3Si/c1-24(2,3)28(5,6)27-21(15-12-19-10-8-7-9-11-19)16-13-20-14-17-22(25)23(18-20)26-4/h7-11,13-14,16-18,21,25H,12,15H2,1-6H3. The minimum absolute atomic E-state index is 0.0425. The van der Waals surface area contributed by atoms with Crippen molar-refractivity contribution in [3.05, 3.63) is 65.7 Å². The highest BCUT2D eigenvalue weighted by Crippen LogP contribution is 2.38. The van der Waals surface area contributed by atoms with Gasteiger partial charge in [-0.05, 0) is 54.2 Å². The van der Waals surface area contributed by atoms with Crippen LogP contribution in [0.25, 0.3) is 6.08 Å². The van der Waals surface area contributed by atoms with E-state index in [1.54, 1.807) is 13.2 Å². The van der Waals surface area contributed by atoms with Crippen LogP contribution >= 0.6 is 0 Å². The van der Waals surface area contributed by atoms with E-state index >= 15 is 0 Å². The zero-order valence-electron chi connectivity index (χ0n) is 18.0. The van der Waals surface area contributed by atoms with Crippen molar-refractivity contribution in [3.8, 4) is 11.5 Å². The van der Waals surface area contributed by atoms with Gasteiger partial charge in [0, 0.05) is 0 Å². The number of rotatable bonds is 8. The summed E-state index contributed by atoms with van der Waals surface area (Å²) in [6.07, 6.45) is 6.16. The van der Waals surface area contributed by atoms with Gasteiger partial charge < -0.3 is 14.3 Å². The molecule has 0 aliphatic rings. The number of hydrogen-bond donors (Lipinski definition) is 1. The molecule has 0 amide bonds. The molecule has 0 fully saturated rings. The predicted molar refractivity (Wildman–Crippen MR) is 121 cm³/mol. The minimum Gasteiger partial charge on any atom is -0.504 e. The Bertz CT molecular complexity index is 776. The van der Waals surface area contributed by atoms with Gasteiger partial charge >= 0.3 is 0 Å². The van der Waals surface area contributed by atoms with Gasteiger partial charge in [-0.3, -0.25) is 0 Å². The van der Waals surface area contributed by atoms with Gasteiger partial charge in [-0.1, -0.05) is 69.3 Å². The molecule has 0 saturated carbocycles. The number of methoxy groups -OCH3 is 1. The zero-order chi connectivity index (χ0) is 20.8. The van der Waals surface area contributed by atoms with Gasteiger partial charge in [0.25, 0.3) is 0 Å². The molecule has 3 nitrogen and oxygen atoms in total. The van der Waals surface area contributed by atoms with Gasteiger partial charge in [0.2, 0.25) is 0 Å². The SMILES string of the molecule is COc1cc(C=CC(CCc2ccccc2)O[Si](C)(C)C(C)(C)C)ccc1O. The molecule has 28 heavy (non-hydrogen) atoms. The average Bonchev–Trinajstić information content (AvgIpc) is 2.64. The molecule has 4 heteroatoms. The second kappa shape index (κ2) is 9.44. The summed E-state index contributed by atoms with van der Waals surface area (Å²) in [5.74, 6) is 0.631. The highest BCUT2D eigenvalue weighted by atomic mass is 28.4. The Morgan fingerprint density at radius 2 is 1.75 bits per heavy atom. The second-order valence-electron chi connectivity index (χ2n) is 8.73. The molecule has 0 aromatic heterocycles. The maximum atomic E-state index is 9.80. The molecule has 1 atom stereocenters. The smallest absolute Gasteiger partial charge is 0.192 e. The molecule has 0 aliphatic carbocycles. The second-order valence-corrected chi connectivity index (χ2v) is 13.5. The van der Waals surface area contributed by atoms with Crippen LogP contribution in [-0.4, -0.2) is 26.6 Å². The molecule has 0 heterocycles. The largest absolute Gasteiger partial charge is 0.504 e. The van der Waals surface area contributed by atoms with Gasteiger partial charge in [-0.25, -0.2) is 0 Å². The Labute approximate surface area is 171 Å². The van der Waals surface area contributed by atoms with E-state index in [1.807, 2.05) is 18.2 Å². The topological polar surface area (TPSA) is 38.7 Å². The number of aromatic hydroxyl groups is 1. The van der Waals surface area contributed by atoms with Crippen LogP contribution in [-0.2, 0) is 10.8 Å². The first-order valence-corrected chi connectivity index (χ1v) is 12.8. The lowest BCUT2D eigenvalue weighted by atomic mass is 10.1. The summed E-state index contributed by atoms with van der Waals surface area (Å²) in [6.45, 7) is 11.4. The summed E-state index contributed by atoms with van der Waals surface area (Å²) in [5.41, 5.74) is 2.31. The van der Waals surface area contributed by atoms with E-state index in [2.05, 4.69) is 70.3 Å². The van der Waals surface area contributed by atoms with Crippen LogP contribution in [0, 0.1) is 0 Å². The third-order valence-corrected chi connectivity index (χ3v) is 10.0. The summed E-state index contributed by atoms with van der Waals surface area (Å²) in [4.78, 5) is 0. The number of hydrogen-bond acceptors (Lipinski definition) is 3. The number of benzene rings is 2. The fraction of sp³-hybridized carbons (Fsp3) is 0.417. The lowest BCUT2D eigenvalue weighted by Gasteiger charge is -2.38. The summed E-state index contributed by atoms with van der Waals surface area (Å²) in [7, 11) is -0.326. The van der Waals surface area contributed by atoms with E-state index in [4.69, 9.17) is 9.16 Å². The first-order valence-electron chi connectivity index (χ1n) is 9.89. The lowest BCUT2D eigenvalue weighted by Crippen LogP contribution is -2.43. The molecule has 2 aromatic rings. The fourth-order valence-electron chi connectivity index (χ4n) is 2.72. The van der Waals surface area contributed by atoms with Crippen LogP contribution in [0.4, 0.5) is 0 Å². The van der Waals surface area contributed by atoms with Crippen molar-refractivity contribution in [2.45, 2.75) is 57.8 Å². The summed E-state index contributed by atoms with van der Waals surface area (Å²) in [5, 5.41) is 9.96. The van der Waals surface area contributed by atoms with E-state index in [0.717, 1.165) is 18.4 Å². The number of phenols is 1. The molecule has 0 spiro atoms. The van der Waals surface area contributed by atoms with Crippen LogP contribution in [0.15, 0.2) is 54.6 Å². The lowest BCUT2D eigenvalue weighted by molar-refractivity contribution is 0.216. The first-order chi connectivity index (χ1) is 13.1. The quantitative estimate of drug-likeness (QED) is 0.520. The van der Waals surface area contributed by atoms with Gasteiger partial charge in [0.15, 0.2) is 19.8 Å². The molecule has 1 unspecified atom stereocenters. The summed E-state index contributed by atoms with van der Waals surface area (Å²) in [6, 6.07) is 15.9. The van der Waals surface area contributed by atoms with Gasteiger partial charge in [0.1, 0.15) is 0 Å². The van der Waals surface area contributed by atoms with Crippen molar-refractivity contribution in [2.24, 2.45) is 0 Å². The summed E-state index contributed by atoms with van der Waals surface area (Å²) >= 11 is 0. The minimum atomic E-state index is -1.89. The predicted octanol–water partition coefficient (Wildman–Crippen LogP) is 6.44. The molecule has 0 aliphatic heterocycles. The highest BCUT2D eigenvalue weighted by Gasteiger charge is 2.38. The summed E-state index contributed by atoms with van der Waals surface area (Å²) < 4.78 is 11.9. The van der Waals surface area contributed by atoms with Crippen LogP contribution in [0.5, 0.6) is 11.5 Å². The molecule has 2 rings (SSSR count). The van der Waals surface area contributed by atoms with Crippen molar-refractivity contribution in [2.75, 3.05) is 7.11 Å². The van der Waals surface area contributed by atoms with Crippen molar-refractivity contribution in [3.63, 3.8) is 0 Å². The number of phenolic OH excluding ortho intramolecular Hbond substituents is 1. The van der Waals surface area contributed by atoms with Crippen molar-refractivity contribution < 1.29 is 14.3 Å². The number of aryl methyl sites for hydroxylation is 1. The highest BCUT2D eigenvalue weighted by molar-refractivity contribution is 6.74. The molecule has 0 saturated heterocycles. The van der Waals surface area contributed by atoms with E-state index in [9.17, 15) is 5.11 Å². The molecule has 0 bridgehead atoms. The zero-order valence-corrected chi connectivity index (χ0v) is 19.0. The Morgan fingerprint density at radius 3 is 2.36 bits per heavy atom. The third kappa shape index (κ3) is 6.25. The van der Waals surface area contributed by atoms with Gasteiger partial charge in [0.05, 0.1) is 13.2 Å². The molecule has 1 N–H and O–H groups in total. The molecular weight excluding hydrogens is 364 g/mol.